The fourth-order valence-corrected chi connectivity index (χ4v) is 2.02. The van der Waals surface area contributed by atoms with Gasteiger partial charge in [-0.15, -0.1) is 0 Å². The number of ether oxygens (including phenoxy) is 1. The van der Waals surface area contributed by atoms with Crippen LogP contribution >= 0.6 is 11.6 Å². The summed E-state index contributed by atoms with van der Waals surface area (Å²) in [4.78, 5) is 23.0. The lowest BCUT2D eigenvalue weighted by molar-refractivity contribution is -0.114. The molecule has 1 N–H and O–H groups in total. The van der Waals surface area contributed by atoms with Crippen LogP contribution in [-0.2, 0) is 4.79 Å². The van der Waals surface area contributed by atoms with Crippen molar-refractivity contribution in [1.29, 1.82) is 0 Å². The van der Waals surface area contributed by atoms with Crippen molar-refractivity contribution in [1.82, 2.24) is 0 Å². The zero-order chi connectivity index (χ0) is 15.2. The molecule has 2 rings (SSSR count). The van der Waals surface area contributed by atoms with Crippen LogP contribution in [0.4, 0.5) is 5.69 Å². The number of carbonyl (C=O) groups excluding carboxylic acids is 2. The number of amides is 1. The summed E-state index contributed by atoms with van der Waals surface area (Å²) in [6.07, 6.45) is 0. The fourth-order valence-electron chi connectivity index (χ4n) is 1.78. The summed E-state index contributed by atoms with van der Waals surface area (Å²) in [6, 6.07) is 13.7. The van der Waals surface area contributed by atoms with E-state index in [1.165, 1.54) is 6.92 Å². The zero-order valence-corrected chi connectivity index (χ0v) is 12.2. The number of Topliss-reactive ketones (excluding diaryl/α,β-unsaturated/α-hetero) is 1. The molecule has 0 bridgehead atoms. The van der Waals surface area contributed by atoms with Gasteiger partial charge in [-0.05, 0) is 24.3 Å². The molecule has 21 heavy (non-hydrogen) atoms. The Morgan fingerprint density at radius 2 is 1.90 bits per heavy atom. The van der Waals surface area contributed by atoms with E-state index in [2.05, 4.69) is 5.32 Å². The summed E-state index contributed by atoms with van der Waals surface area (Å²) in [5.74, 6) is 0.131. The molecule has 0 aliphatic heterocycles. The molecule has 0 aliphatic rings. The lowest BCUT2D eigenvalue weighted by atomic mass is 10.1. The molecule has 0 fully saturated rings. The minimum absolute atomic E-state index is 0.118. The minimum atomic E-state index is -0.203. The first kappa shape index (κ1) is 15.1. The Bertz CT molecular complexity index is 670. The van der Waals surface area contributed by atoms with Crippen LogP contribution in [0.15, 0.2) is 48.5 Å². The first-order valence-corrected chi connectivity index (χ1v) is 6.72. The highest BCUT2D eigenvalue weighted by Crippen LogP contribution is 2.19. The highest BCUT2D eigenvalue weighted by molar-refractivity contribution is 6.34. The monoisotopic (exact) mass is 303 g/mol. The van der Waals surface area contributed by atoms with Crippen molar-refractivity contribution >= 4 is 29.0 Å². The lowest BCUT2D eigenvalue weighted by Crippen LogP contribution is -2.12. The van der Waals surface area contributed by atoms with Crippen molar-refractivity contribution in [2.75, 3.05) is 11.9 Å². The van der Waals surface area contributed by atoms with E-state index in [4.69, 9.17) is 16.3 Å². The van der Waals surface area contributed by atoms with Gasteiger partial charge in [0.25, 0.3) is 0 Å². The van der Waals surface area contributed by atoms with E-state index in [0.717, 1.165) is 0 Å². The molecule has 0 radical (unpaired) electrons. The molecule has 108 valence electrons. The molecule has 2 aromatic rings. The second-order valence-corrected chi connectivity index (χ2v) is 4.81. The number of anilines is 1. The van der Waals surface area contributed by atoms with Gasteiger partial charge in [0, 0.05) is 24.2 Å². The molecular formula is C16H14ClNO3. The van der Waals surface area contributed by atoms with Crippen LogP contribution in [0.3, 0.4) is 0 Å². The number of rotatable bonds is 5. The SMILES string of the molecule is CC(=O)Nc1cccc(OCC(=O)c2ccccc2Cl)c1. The van der Waals surface area contributed by atoms with Gasteiger partial charge in [0.15, 0.2) is 6.61 Å². The third-order valence-electron chi connectivity index (χ3n) is 2.70. The number of nitrogens with one attached hydrogen (secondary N) is 1. The van der Waals surface area contributed by atoms with E-state index in [1.54, 1.807) is 48.5 Å². The summed E-state index contributed by atoms with van der Waals surface area (Å²) in [6.45, 7) is 1.31. The number of carbonyl (C=O) groups is 2. The molecule has 4 nitrogen and oxygen atoms in total. The van der Waals surface area contributed by atoms with Crippen molar-refractivity contribution in [2.24, 2.45) is 0 Å². The Kier molecular flexibility index (Phi) is 4.95. The van der Waals surface area contributed by atoms with Crippen molar-refractivity contribution in [3.63, 3.8) is 0 Å². The Morgan fingerprint density at radius 1 is 1.14 bits per heavy atom. The number of halogens is 1. The van der Waals surface area contributed by atoms with Gasteiger partial charge in [-0.25, -0.2) is 0 Å². The van der Waals surface area contributed by atoms with Crippen molar-refractivity contribution in [3.8, 4) is 5.75 Å². The van der Waals surface area contributed by atoms with Gasteiger partial charge in [-0.2, -0.15) is 0 Å². The van der Waals surface area contributed by atoms with E-state index in [-0.39, 0.29) is 18.3 Å². The summed E-state index contributed by atoms with van der Waals surface area (Å²) in [5, 5.41) is 3.05. The molecule has 0 atom stereocenters. The number of benzene rings is 2. The van der Waals surface area contributed by atoms with E-state index < -0.39 is 0 Å². The smallest absolute Gasteiger partial charge is 0.221 e. The normalized spacial score (nSPS) is 10.0. The average molecular weight is 304 g/mol. The van der Waals surface area contributed by atoms with Crippen LogP contribution in [0.25, 0.3) is 0 Å². The van der Waals surface area contributed by atoms with Crippen LogP contribution in [-0.4, -0.2) is 18.3 Å². The first-order valence-electron chi connectivity index (χ1n) is 6.34. The van der Waals surface area contributed by atoms with Crippen molar-refractivity contribution in [2.45, 2.75) is 6.92 Å². The highest BCUT2D eigenvalue weighted by atomic mass is 35.5. The van der Waals surface area contributed by atoms with Gasteiger partial charge in [-0.3, -0.25) is 9.59 Å². The maximum Gasteiger partial charge on any atom is 0.221 e. The lowest BCUT2D eigenvalue weighted by Gasteiger charge is -2.08. The topological polar surface area (TPSA) is 55.4 Å². The molecule has 0 heterocycles. The summed E-state index contributed by atoms with van der Waals surface area (Å²) < 4.78 is 5.44. The molecule has 2 aromatic carbocycles. The molecule has 0 saturated carbocycles. The molecule has 1 amide bonds. The van der Waals surface area contributed by atoms with E-state index in [9.17, 15) is 9.59 Å². The Labute approximate surface area is 127 Å². The Balaban J connectivity index is 2.01. The predicted molar refractivity (Wildman–Crippen MR) is 82.0 cm³/mol. The average Bonchev–Trinajstić information content (AvgIpc) is 2.45. The van der Waals surface area contributed by atoms with Crippen molar-refractivity contribution < 1.29 is 14.3 Å². The second kappa shape index (κ2) is 6.90. The first-order chi connectivity index (χ1) is 10.1. The third-order valence-corrected chi connectivity index (χ3v) is 3.03. The highest BCUT2D eigenvalue weighted by Gasteiger charge is 2.10. The van der Waals surface area contributed by atoms with Gasteiger partial charge in [0.2, 0.25) is 11.7 Å². The number of hydrogen-bond donors (Lipinski definition) is 1. The maximum absolute atomic E-state index is 12.0. The molecule has 0 aromatic heterocycles. The van der Waals surface area contributed by atoms with Crippen molar-refractivity contribution in [3.05, 3.63) is 59.1 Å². The maximum atomic E-state index is 12.0. The van der Waals surface area contributed by atoms with Crippen LogP contribution < -0.4 is 10.1 Å². The molecule has 0 aliphatic carbocycles. The molecular weight excluding hydrogens is 290 g/mol. The van der Waals surface area contributed by atoms with E-state index >= 15 is 0 Å². The summed E-state index contributed by atoms with van der Waals surface area (Å²) >= 11 is 5.96. The second-order valence-electron chi connectivity index (χ2n) is 4.40. The van der Waals surface area contributed by atoms with Gasteiger partial charge >= 0.3 is 0 Å². The zero-order valence-electron chi connectivity index (χ0n) is 11.4. The fraction of sp³-hybridized carbons (Fsp3) is 0.125. The summed E-state index contributed by atoms with van der Waals surface area (Å²) in [7, 11) is 0. The van der Waals surface area contributed by atoms with E-state index in [0.29, 0.717) is 22.0 Å². The standard InChI is InChI=1S/C16H14ClNO3/c1-11(19)18-12-5-4-6-13(9-12)21-10-16(20)14-7-2-3-8-15(14)17/h2-9H,10H2,1H3,(H,18,19). The Hall–Kier alpha value is -2.33. The van der Waals surface area contributed by atoms with Crippen LogP contribution in [0, 0.1) is 0 Å². The van der Waals surface area contributed by atoms with Gasteiger partial charge in [0.1, 0.15) is 5.75 Å². The number of ketones is 1. The van der Waals surface area contributed by atoms with Gasteiger partial charge < -0.3 is 10.1 Å². The number of hydrogen-bond acceptors (Lipinski definition) is 3. The van der Waals surface area contributed by atoms with Gasteiger partial charge in [0.05, 0.1) is 5.02 Å². The van der Waals surface area contributed by atoms with Crippen LogP contribution in [0.5, 0.6) is 5.75 Å². The van der Waals surface area contributed by atoms with Gasteiger partial charge in [-0.1, -0.05) is 29.8 Å². The molecule has 0 saturated heterocycles. The Morgan fingerprint density at radius 3 is 2.62 bits per heavy atom. The molecule has 0 unspecified atom stereocenters. The third kappa shape index (κ3) is 4.33. The molecule has 0 spiro atoms. The van der Waals surface area contributed by atoms with E-state index in [1.807, 2.05) is 0 Å². The molecule has 5 heteroatoms. The quantitative estimate of drug-likeness (QED) is 0.859. The van der Waals surface area contributed by atoms with Crippen LogP contribution in [0.2, 0.25) is 5.02 Å². The largest absolute Gasteiger partial charge is 0.485 e. The minimum Gasteiger partial charge on any atom is -0.485 e. The predicted octanol–water partition coefficient (Wildman–Crippen LogP) is 3.56. The van der Waals surface area contributed by atoms with Crippen LogP contribution in [0.1, 0.15) is 17.3 Å². The summed E-state index contributed by atoms with van der Waals surface area (Å²) in [5.41, 5.74) is 1.04.